The van der Waals surface area contributed by atoms with Gasteiger partial charge in [0.15, 0.2) is 5.11 Å². The maximum absolute atomic E-state index is 5.41. The fraction of sp³-hybridized carbons (Fsp3) is 0.235. The molecule has 0 unspecified atom stereocenters. The Morgan fingerprint density at radius 2 is 1.76 bits per heavy atom. The Bertz CT molecular complexity index is 638. The predicted octanol–water partition coefficient (Wildman–Crippen LogP) is 5.11. The van der Waals surface area contributed by atoms with Crippen molar-refractivity contribution in [2.75, 3.05) is 5.32 Å². The Balaban J connectivity index is 2.01. The first kappa shape index (κ1) is 16.0. The van der Waals surface area contributed by atoms with Crippen molar-refractivity contribution in [3.8, 4) is 0 Å². The molecule has 4 heteroatoms. The lowest BCUT2D eigenvalue weighted by Crippen LogP contribution is -2.31. The molecule has 110 valence electrons. The van der Waals surface area contributed by atoms with Gasteiger partial charge in [0.1, 0.15) is 0 Å². The van der Waals surface area contributed by atoms with Crippen LogP contribution in [0.5, 0.6) is 0 Å². The first-order valence-electron chi connectivity index (χ1n) is 6.86. The van der Waals surface area contributed by atoms with Crippen molar-refractivity contribution in [1.29, 1.82) is 0 Å². The van der Waals surface area contributed by atoms with Crippen molar-refractivity contribution in [3.63, 3.8) is 0 Å². The van der Waals surface area contributed by atoms with Gasteiger partial charge in [0.25, 0.3) is 0 Å². The third kappa shape index (κ3) is 4.55. The fourth-order valence-corrected chi connectivity index (χ4v) is 2.61. The molecule has 0 amide bonds. The third-order valence-corrected chi connectivity index (χ3v) is 4.11. The number of benzene rings is 2. The van der Waals surface area contributed by atoms with Crippen LogP contribution < -0.4 is 10.6 Å². The van der Waals surface area contributed by atoms with Gasteiger partial charge in [0.2, 0.25) is 0 Å². The average molecular weight is 363 g/mol. The van der Waals surface area contributed by atoms with E-state index in [4.69, 9.17) is 12.2 Å². The zero-order valence-electron chi connectivity index (χ0n) is 12.4. The normalized spacial score (nSPS) is 11.8. The van der Waals surface area contributed by atoms with Gasteiger partial charge in [0, 0.05) is 10.2 Å². The summed E-state index contributed by atoms with van der Waals surface area (Å²) in [7, 11) is 0. The van der Waals surface area contributed by atoms with Gasteiger partial charge in [-0.3, -0.25) is 0 Å². The predicted molar refractivity (Wildman–Crippen MR) is 97.8 cm³/mol. The van der Waals surface area contributed by atoms with E-state index in [1.54, 1.807) is 0 Å². The van der Waals surface area contributed by atoms with Crippen LogP contribution in [0.15, 0.2) is 46.9 Å². The molecule has 2 rings (SSSR count). The SMILES string of the molecule is Cc1ccc(C)c(NC(=S)N[C@@H](C)c2ccc(Br)cc2)c1. The average Bonchev–Trinajstić information content (AvgIpc) is 2.43. The molecule has 0 bridgehead atoms. The molecule has 0 radical (unpaired) electrons. The Morgan fingerprint density at radius 1 is 1.10 bits per heavy atom. The Labute approximate surface area is 140 Å². The molecule has 1 atom stereocenters. The van der Waals surface area contributed by atoms with Crippen LogP contribution in [-0.4, -0.2) is 5.11 Å². The molecule has 21 heavy (non-hydrogen) atoms. The number of anilines is 1. The molecule has 2 nitrogen and oxygen atoms in total. The van der Waals surface area contributed by atoms with E-state index in [0.717, 1.165) is 10.2 Å². The molecule has 2 aromatic rings. The summed E-state index contributed by atoms with van der Waals surface area (Å²) in [4.78, 5) is 0. The Kier molecular flexibility index (Phi) is 5.37. The van der Waals surface area contributed by atoms with Gasteiger partial charge in [0.05, 0.1) is 6.04 Å². The second-order valence-electron chi connectivity index (χ2n) is 5.19. The van der Waals surface area contributed by atoms with Crippen LogP contribution in [0, 0.1) is 13.8 Å². The topological polar surface area (TPSA) is 24.1 Å². The number of rotatable bonds is 3. The molecule has 0 saturated carbocycles. The van der Waals surface area contributed by atoms with Crippen molar-refractivity contribution in [3.05, 3.63) is 63.6 Å². The van der Waals surface area contributed by atoms with Crippen LogP contribution in [0.25, 0.3) is 0 Å². The zero-order chi connectivity index (χ0) is 15.4. The number of hydrogen-bond donors (Lipinski definition) is 2. The van der Waals surface area contributed by atoms with Crippen LogP contribution in [0.2, 0.25) is 0 Å². The van der Waals surface area contributed by atoms with Crippen molar-refractivity contribution in [1.82, 2.24) is 5.32 Å². The number of hydrogen-bond acceptors (Lipinski definition) is 1. The smallest absolute Gasteiger partial charge is 0.171 e. The van der Waals surface area contributed by atoms with E-state index >= 15 is 0 Å². The van der Waals surface area contributed by atoms with Gasteiger partial charge >= 0.3 is 0 Å². The van der Waals surface area contributed by atoms with Crippen molar-refractivity contribution >= 4 is 38.9 Å². The quantitative estimate of drug-likeness (QED) is 0.741. The van der Waals surface area contributed by atoms with Gasteiger partial charge < -0.3 is 10.6 Å². The van der Waals surface area contributed by atoms with Gasteiger partial charge in [-0.2, -0.15) is 0 Å². The van der Waals surface area contributed by atoms with E-state index in [9.17, 15) is 0 Å². The highest BCUT2D eigenvalue weighted by Crippen LogP contribution is 2.18. The summed E-state index contributed by atoms with van der Waals surface area (Å²) in [6.45, 7) is 6.24. The van der Waals surface area contributed by atoms with Gasteiger partial charge in [-0.15, -0.1) is 0 Å². The third-order valence-electron chi connectivity index (χ3n) is 3.36. The standard InChI is InChI=1S/C17H19BrN2S/c1-11-4-5-12(2)16(10-11)20-17(21)19-13(3)14-6-8-15(18)9-7-14/h4-10,13H,1-3H3,(H2,19,20,21)/t13-/m0/s1. The molecule has 0 saturated heterocycles. The number of halogens is 1. The molecular weight excluding hydrogens is 344 g/mol. The summed E-state index contributed by atoms with van der Waals surface area (Å²) in [6.07, 6.45) is 0. The van der Waals surface area contributed by atoms with Crippen LogP contribution >= 0.6 is 28.1 Å². The molecule has 2 N–H and O–H groups in total. The van der Waals surface area contributed by atoms with Gasteiger partial charge in [-0.25, -0.2) is 0 Å². The zero-order valence-corrected chi connectivity index (χ0v) is 14.8. The monoisotopic (exact) mass is 362 g/mol. The van der Waals surface area contributed by atoms with E-state index in [1.165, 1.54) is 16.7 Å². The van der Waals surface area contributed by atoms with Crippen LogP contribution in [0.4, 0.5) is 5.69 Å². The number of nitrogens with one attached hydrogen (secondary N) is 2. The maximum atomic E-state index is 5.41. The summed E-state index contributed by atoms with van der Waals surface area (Å²) in [5, 5.41) is 7.23. The van der Waals surface area contributed by atoms with Crippen molar-refractivity contribution in [2.45, 2.75) is 26.8 Å². The summed E-state index contributed by atoms with van der Waals surface area (Å²) < 4.78 is 1.08. The molecule has 2 aromatic carbocycles. The first-order chi connectivity index (χ1) is 9.95. The van der Waals surface area contributed by atoms with E-state index in [1.807, 2.05) is 12.1 Å². The largest absolute Gasteiger partial charge is 0.356 e. The van der Waals surface area contributed by atoms with E-state index < -0.39 is 0 Å². The highest BCUT2D eigenvalue weighted by Gasteiger charge is 2.08. The minimum Gasteiger partial charge on any atom is -0.356 e. The summed E-state index contributed by atoms with van der Waals surface area (Å²) in [6, 6.07) is 14.7. The molecule has 0 aliphatic heterocycles. The van der Waals surface area contributed by atoms with Gasteiger partial charge in [-0.1, -0.05) is 40.2 Å². The van der Waals surface area contributed by atoms with E-state index in [0.29, 0.717) is 5.11 Å². The molecule has 0 aliphatic carbocycles. The molecule has 0 aromatic heterocycles. The molecule has 0 spiro atoms. The lowest BCUT2D eigenvalue weighted by atomic mass is 10.1. The van der Waals surface area contributed by atoms with Crippen molar-refractivity contribution in [2.24, 2.45) is 0 Å². The summed E-state index contributed by atoms with van der Waals surface area (Å²) in [5.41, 5.74) is 4.65. The van der Waals surface area contributed by atoms with Crippen LogP contribution in [-0.2, 0) is 0 Å². The fourth-order valence-electron chi connectivity index (χ4n) is 2.06. The minimum absolute atomic E-state index is 0.156. The molecular formula is C17H19BrN2S. The van der Waals surface area contributed by atoms with Crippen molar-refractivity contribution < 1.29 is 0 Å². The molecule has 0 fully saturated rings. The van der Waals surface area contributed by atoms with Crippen LogP contribution in [0.3, 0.4) is 0 Å². The second kappa shape index (κ2) is 7.05. The Morgan fingerprint density at radius 3 is 2.43 bits per heavy atom. The highest BCUT2D eigenvalue weighted by molar-refractivity contribution is 9.10. The lowest BCUT2D eigenvalue weighted by Gasteiger charge is -2.18. The molecule has 0 heterocycles. The number of aryl methyl sites for hydroxylation is 2. The van der Waals surface area contributed by atoms with E-state index in [2.05, 4.69) is 77.7 Å². The number of thiocarbonyl (C=S) groups is 1. The van der Waals surface area contributed by atoms with Crippen LogP contribution in [0.1, 0.15) is 29.7 Å². The molecule has 0 aliphatic rings. The summed E-state index contributed by atoms with van der Waals surface area (Å²) >= 11 is 8.86. The second-order valence-corrected chi connectivity index (χ2v) is 6.51. The minimum atomic E-state index is 0.156. The lowest BCUT2D eigenvalue weighted by molar-refractivity contribution is 0.722. The maximum Gasteiger partial charge on any atom is 0.171 e. The Hall–Kier alpha value is -1.39. The van der Waals surface area contributed by atoms with Gasteiger partial charge in [-0.05, 0) is 67.9 Å². The van der Waals surface area contributed by atoms with E-state index in [-0.39, 0.29) is 6.04 Å². The highest BCUT2D eigenvalue weighted by atomic mass is 79.9. The summed E-state index contributed by atoms with van der Waals surface area (Å²) in [5.74, 6) is 0. The first-order valence-corrected chi connectivity index (χ1v) is 8.06.